The van der Waals surface area contributed by atoms with Gasteiger partial charge in [0.15, 0.2) is 5.69 Å². The lowest BCUT2D eigenvalue weighted by Crippen LogP contribution is -2.36. The maximum atomic E-state index is 12.1. The van der Waals surface area contributed by atoms with E-state index < -0.39 is 5.91 Å². The molecule has 8 nitrogen and oxygen atoms in total. The van der Waals surface area contributed by atoms with E-state index in [1.165, 1.54) is 10.7 Å². The van der Waals surface area contributed by atoms with Gasteiger partial charge >= 0.3 is 0 Å². The normalized spacial score (nSPS) is 10.2. The Morgan fingerprint density at radius 2 is 1.81 bits per heavy atom. The van der Waals surface area contributed by atoms with Gasteiger partial charge in [-0.1, -0.05) is 30.3 Å². The molecule has 26 heavy (non-hydrogen) atoms. The van der Waals surface area contributed by atoms with Gasteiger partial charge < -0.3 is 16.0 Å². The Morgan fingerprint density at radius 1 is 1.08 bits per heavy atom. The highest BCUT2D eigenvalue weighted by Crippen LogP contribution is 2.10. The van der Waals surface area contributed by atoms with Gasteiger partial charge in [-0.25, -0.2) is 0 Å². The van der Waals surface area contributed by atoms with Gasteiger partial charge in [0.1, 0.15) is 5.82 Å². The number of carbonyl (C=O) groups is 3. The predicted molar refractivity (Wildman–Crippen MR) is 97.6 cm³/mol. The molecule has 0 fully saturated rings. The smallest absolute Gasteiger partial charge is 0.272 e. The molecule has 0 bridgehead atoms. The van der Waals surface area contributed by atoms with Crippen LogP contribution in [0.3, 0.4) is 0 Å². The van der Waals surface area contributed by atoms with E-state index in [1.54, 1.807) is 14.0 Å². The summed E-state index contributed by atoms with van der Waals surface area (Å²) in [6.07, 6.45) is 0.957. The van der Waals surface area contributed by atoms with Crippen molar-refractivity contribution < 1.29 is 14.4 Å². The Balaban J connectivity index is 1.87. The first-order chi connectivity index (χ1) is 12.5. The summed E-state index contributed by atoms with van der Waals surface area (Å²) in [5.74, 6) is -0.486. The fourth-order valence-electron chi connectivity index (χ4n) is 2.31. The average Bonchev–Trinajstić information content (AvgIpc) is 3.00. The molecule has 0 saturated heterocycles. The molecule has 1 aromatic heterocycles. The van der Waals surface area contributed by atoms with Gasteiger partial charge in [-0.2, -0.15) is 5.10 Å². The van der Waals surface area contributed by atoms with Gasteiger partial charge in [0.2, 0.25) is 11.8 Å². The first-order valence-corrected chi connectivity index (χ1v) is 8.42. The van der Waals surface area contributed by atoms with Crippen LogP contribution in [0.4, 0.5) is 5.82 Å². The Hall–Kier alpha value is -3.16. The summed E-state index contributed by atoms with van der Waals surface area (Å²) >= 11 is 0. The second-order valence-electron chi connectivity index (χ2n) is 5.71. The van der Waals surface area contributed by atoms with Crippen LogP contribution >= 0.6 is 0 Å². The fraction of sp³-hybridized carbons (Fsp3) is 0.333. The van der Waals surface area contributed by atoms with E-state index in [9.17, 15) is 14.4 Å². The van der Waals surface area contributed by atoms with Crippen molar-refractivity contribution in [3.63, 3.8) is 0 Å². The lowest BCUT2D eigenvalue weighted by Gasteiger charge is -2.05. The molecular weight excluding hydrogens is 334 g/mol. The van der Waals surface area contributed by atoms with Gasteiger partial charge in [0, 0.05) is 26.1 Å². The number of benzene rings is 1. The third kappa shape index (κ3) is 5.73. The first-order valence-electron chi connectivity index (χ1n) is 8.42. The van der Waals surface area contributed by atoms with Crippen molar-refractivity contribution in [3.05, 3.63) is 47.7 Å². The molecule has 0 unspecified atom stereocenters. The van der Waals surface area contributed by atoms with Crippen molar-refractivity contribution in [3.8, 4) is 0 Å². The van der Waals surface area contributed by atoms with Crippen molar-refractivity contribution in [1.82, 2.24) is 20.4 Å². The Labute approximate surface area is 152 Å². The molecule has 1 aromatic carbocycles. The molecule has 1 heterocycles. The highest BCUT2D eigenvalue weighted by molar-refractivity contribution is 5.97. The van der Waals surface area contributed by atoms with Crippen LogP contribution < -0.4 is 16.0 Å². The number of carbonyl (C=O) groups excluding carboxylic acids is 3. The molecule has 3 amide bonds. The second kappa shape index (κ2) is 9.36. The number of rotatable bonds is 8. The molecule has 0 aliphatic heterocycles. The van der Waals surface area contributed by atoms with Crippen LogP contribution in [0.25, 0.3) is 0 Å². The number of aromatic nitrogens is 2. The zero-order valence-corrected chi connectivity index (χ0v) is 14.9. The lowest BCUT2D eigenvalue weighted by atomic mass is 10.1. The number of nitrogens with one attached hydrogen (secondary N) is 3. The third-order valence-electron chi connectivity index (χ3n) is 3.65. The Bertz CT molecular complexity index is 770. The maximum absolute atomic E-state index is 12.1. The van der Waals surface area contributed by atoms with Crippen LogP contribution in [0.5, 0.6) is 0 Å². The SMILES string of the molecule is CCNC(=O)CNC(=O)c1cc(NC(=O)CCc2ccccc2)n(C)n1. The fourth-order valence-corrected chi connectivity index (χ4v) is 2.31. The molecule has 2 aromatic rings. The monoisotopic (exact) mass is 357 g/mol. The number of hydrogen-bond acceptors (Lipinski definition) is 4. The minimum atomic E-state index is -0.475. The highest BCUT2D eigenvalue weighted by atomic mass is 16.2. The van der Waals surface area contributed by atoms with Gasteiger partial charge in [-0.3, -0.25) is 19.1 Å². The van der Waals surface area contributed by atoms with E-state index in [0.29, 0.717) is 25.2 Å². The Kier molecular flexibility index (Phi) is 6.90. The molecule has 2 rings (SSSR count). The molecule has 8 heteroatoms. The van der Waals surface area contributed by atoms with E-state index in [0.717, 1.165) is 5.56 Å². The van der Waals surface area contributed by atoms with E-state index in [2.05, 4.69) is 21.0 Å². The summed E-state index contributed by atoms with van der Waals surface area (Å²) < 4.78 is 1.42. The van der Waals surface area contributed by atoms with Crippen LogP contribution in [0, 0.1) is 0 Å². The molecule has 0 aliphatic carbocycles. The zero-order valence-electron chi connectivity index (χ0n) is 14.9. The molecule has 0 atom stereocenters. The average molecular weight is 357 g/mol. The van der Waals surface area contributed by atoms with Crippen molar-refractivity contribution in [2.45, 2.75) is 19.8 Å². The summed E-state index contributed by atoms with van der Waals surface area (Å²) in [6, 6.07) is 11.2. The summed E-state index contributed by atoms with van der Waals surface area (Å²) in [4.78, 5) is 35.5. The number of anilines is 1. The van der Waals surface area contributed by atoms with Crippen molar-refractivity contribution >= 4 is 23.5 Å². The van der Waals surface area contributed by atoms with Crippen LogP contribution in [0.1, 0.15) is 29.4 Å². The highest BCUT2D eigenvalue weighted by Gasteiger charge is 2.15. The van der Waals surface area contributed by atoms with Crippen molar-refractivity contribution in [1.29, 1.82) is 0 Å². The van der Waals surface area contributed by atoms with E-state index in [1.807, 2.05) is 30.3 Å². The summed E-state index contributed by atoms with van der Waals surface area (Å²) in [5.41, 5.74) is 1.22. The van der Waals surface area contributed by atoms with Crippen LogP contribution in [-0.4, -0.2) is 40.6 Å². The molecular formula is C18H23N5O3. The second-order valence-corrected chi connectivity index (χ2v) is 5.71. The minimum absolute atomic E-state index is 0.123. The van der Waals surface area contributed by atoms with E-state index in [4.69, 9.17) is 0 Å². The molecule has 0 spiro atoms. The minimum Gasteiger partial charge on any atom is -0.355 e. The summed E-state index contributed by atoms with van der Waals surface area (Å²) in [7, 11) is 1.63. The number of nitrogens with zero attached hydrogens (tertiary/aromatic N) is 2. The topological polar surface area (TPSA) is 105 Å². The Morgan fingerprint density at radius 3 is 2.50 bits per heavy atom. The largest absolute Gasteiger partial charge is 0.355 e. The van der Waals surface area contributed by atoms with Gasteiger partial charge in [0.25, 0.3) is 5.91 Å². The number of hydrogen-bond donors (Lipinski definition) is 3. The summed E-state index contributed by atoms with van der Waals surface area (Å²) in [5, 5.41) is 11.9. The molecule has 3 N–H and O–H groups in total. The zero-order chi connectivity index (χ0) is 18.9. The molecule has 138 valence electrons. The number of likely N-dealkylation sites (N-methyl/N-ethyl adjacent to an activating group) is 1. The maximum Gasteiger partial charge on any atom is 0.272 e. The van der Waals surface area contributed by atoms with Gasteiger partial charge in [-0.05, 0) is 18.9 Å². The van der Waals surface area contributed by atoms with E-state index >= 15 is 0 Å². The van der Waals surface area contributed by atoms with Gasteiger partial charge in [0.05, 0.1) is 6.54 Å². The molecule has 0 radical (unpaired) electrons. The standard InChI is InChI=1S/C18H23N5O3/c1-3-19-17(25)12-20-18(26)14-11-15(23(2)22-14)21-16(24)10-9-13-7-5-4-6-8-13/h4-8,11H,3,9-10,12H2,1-2H3,(H,19,25)(H,20,26)(H,21,24). The quantitative estimate of drug-likeness (QED) is 0.651. The van der Waals surface area contributed by atoms with Crippen LogP contribution in [0.15, 0.2) is 36.4 Å². The first kappa shape index (κ1) is 19.2. The third-order valence-corrected chi connectivity index (χ3v) is 3.65. The predicted octanol–water partition coefficient (Wildman–Crippen LogP) is 0.857. The lowest BCUT2D eigenvalue weighted by molar-refractivity contribution is -0.120. The molecule has 0 saturated carbocycles. The summed E-state index contributed by atoms with van der Waals surface area (Å²) in [6.45, 7) is 2.17. The van der Waals surface area contributed by atoms with Crippen LogP contribution in [-0.2, 0) is 23.1 Å². The van der Waals surface area contributed by atoms with Crippen molar-refractivity contribution in [2.24, 2.45) is 7.05 Å². The van der Waals surface area contributed by atoms with Crippen molar-refractivity contribution in [2.75, 3.05) is 18.4 Å². The number of amides is 3. The van der Waals surface area contributed by atoms with Gasteiger partial charge in [-0.15, -0.1) is 0 Å². The number of aryl methyl sites for hydroxylation is 2. The van der Waals surface area contributed by atoms with Crippen LogP contribution in [0.2, 0.25) is 0 Å². The van der Waals surface area contributed by atoms with E-state index in [-0.39, 0.29) is 24.1 Å². The molecule has 0 aliphatic rings.